The Kier molecular flexibility index (Phi) is 3.78. The zero-order valence-electron chi connectivity index (χ0n) is 13.5. The van der Waals surface area contributed by atoms with Crippen LogP contribution in [-0.2, 0) is 0 Å². The van der Waals surface area contributed by atoms with Crippen molar-refractivity contribution in [2.75, 3.05) is 0 Å². The van der Waals surface area contributed by atoms with Crippen molar-refractivity contribution in [1.82, 2.24) is 9.55 Å². The van der Waals surface area contributed by atoms with Gasteiger partial charge >= 0.3 is 0 Å². The van der Waals surface area contributed by atoms with Crippen molar-refractivity contribution in [3.8, 4) is 11.5 Å². The van der Waals surface area contributed by atoms with Gasteiger partial charge in [0.2, 0.25) is 0 Å². The molecule has 3 heterocycles. The van der Waals surface area contributed by atoms with Crippen molar-refractivity contribution in [1.29, 1.82) is 0 Å². The van der Waals surface area contributed by atoms with Crippen molar-refractivity contribution in [2.45, 2.75) is 19.9 Å². The van der Waals surface area contributed by atoms with E-state index in [1.54, 1.807) is 23.7 Å². The monoisotopic (exact) mass is 335 g/mol. The van der Waals surface area contributed by atoms with Crippen LogP contribution in [0.1, 0.15) is 19.9 Å². The predicted molar refractivity (Wildman–Crippen MR) is 97.4 cm³/mol. The number of aromatic nitrogens is 2. The largest absolute Gasteiger partial charge is 0.454 e. The minimum Gasteiger partial charge on any atom is -0.454 e. The van der Waals surface area contributed by atoms with E-state index in [0.717, 1.165) is 32.9 Å². The highest BCUT2D eigenvalue weighted by atomic mass is 32.1. The molecule has 4 rings (SSSR count). The van der Waals surface area contributed by atoms with Crippen molar-refractivity contribution >= 4 is 28.0 Å². The summed E-state index contributed by atoms with van der Waals surface area (Å²) in [6, 6.07) is 14.3. The SMILES string of the molecule is CC(C)n1c(-c2cc3ccccc3o2)csc1=Nc1cccnc1. The molecule has 1 aromatic carbocycles. The first-order chi connectivity index (χ1) is 11.7. The second kappa shape index (κ2) is 6.09. The molecule has 0 saturated carbocycles. The maximum atomic E-state index is 6.04. The highest BCUT2D eigenvalue weighted by Crippen LogP contribution is 2.29. The Labute approximate surface area is 143 Å². The quantitative estimate of drug-likeness (QED) is 0.518. The minimum atomic E-state index is 0.273. The molecule has 0 aliphatic heterocycles. The van der Waals surface area contributed by atoms with Gasteiger partial charge in [-0.05, 0) is 38.1 Å². The molecule has 0 amide bonds. The Morgan fingerprint density at radius 1 is 1.17 bits per heavy atom. The van der Waals surface area contributed by atoms with Crippen LogP contribution < -0.4 is 4.80 Å². The van der Waals surface area contributed by atoms with Gasteiger partial charge < -0.3 is 8.98 Å². The Hall–Kier alpha value is -2.66. The first-order valence-corrected chi connectivity index (χ1v) is 8.74. The van der Waals surface area contributed by atoms with Gasteiger partial charge in [-0.2, -0.15) is 0 Å². The van der Waals surface area contributed by atoms with E-state index in [2.05, 4.69) is 40.9 Å². The van der Waals surface area contributed by atoms with Gasteiger partial charge in [-0.15, -0.1) is 11.3 Å². The summed E-state index contributed by atoms with van der Waals surface area (Å²) in [7, 11) is 0. The zero-order chi connectivity index (χ0) is 16.5. The summed E-state index contributed by atoms with van der Waals surface area (Å²) in [5.41, 5.74) is 2.80. The Bertz CT molecular complexity index is 1010. The van der Waals surface area contributed by atoms with Crippen molar-refractivity contribution < 1.29 is 4.42 Å². The topological polar surface area (TPSA) is 43.3 Å². The molecular formula is C19H17N3OS. The summed E-state index contributed by atoms with van der Waals surface area (Å²) >= 11 is 1.61. The van der Waals surface area contributed by atoms with Crippen LogP contribution in [0.3, 0.4) is 0 Å². The molecule has 0 bridgehead atoms. The standard InChI is InChI=1S/C19H17N3OS/c1-13(2)22-16(18-10-14-6-3-4-8-17(14)23-18)12-24-19(22)21-15-7-5-9-20-11-15/h3-13H,1-2H3. The van der Waals surface area contributed by atoms with Gasteiger partial charge in [0.1, 0.15) is 5.58 Å². The van der Waals surface area contributed by atoms with Gasteiger partial charge in [0.05, 0.1) is 17.6 Å². The van der Waals surface area contributed by atoms with Gasteiger partial charge in [0.15, 0.2) is 10.6 Å². The van der Waals surface area contributed by atoms with Gasteiger partial charge in [-0.3, -0.25) is 4.98 Å². The van der Waals surface area contributed by atoms with Crippen LogP contribution in [0.25, 0.3) is 22.4 Å². The Balaban J connectivity index is 1.89. The summed E-state index contributed by atoms with van der Waals surface area (Å²) in [6.45, 7) is 4.31. The average molecular weight is 335 g/mol. The summed E-state index contributed by atoms with van der Waals surface area (Å²) in [4.78, 5) is 9.81. The first-order valence-electron chi connectivity index (χ1n) is 7.86. The van der Waals surface area contributed by atoms with E-state index in [4.69, 9.17) is 9.41 Å². The molecule has 0 unspecified atom stereocenters. The Morgan fingerprint density at radius 3 is 2.79 bits per heavy atom. The number of pyridine rings is 1. The van der Waals surface area contributed by atoms with Crippen molar-refractivity contribution in [2.24, 2.45) is 4.99 Å². The molecule has 4 aromatic rings. The molecule has 0 spiro atoms. The maximum absolute atomic E-state index is 6.04. The second-order valence-electron chi connectivity index (χ2n) is 5.84. The lowest BCUT2D eigenvalue weighted by atomic mass is 10.2. The number of hydrogen-bond donors (Lipinski definition) is 0. The van der Waals surface area contributed by atoms with Crippen LogP contribution >= 0.6 is 11.3 Å². The molecule has 0 saturated heterocycles. The van der Waals surface area contributed by atoms with E-state index in [9.17, 15) is 0 Å². The highest BCUT2D eigenvalue weighted by Gasteiger charge is 2.14. The third kappa shape index (κ3) is 2.67. The third-order valence-corrected chi connectivity index (χ3v) is 4.65. The lowest BCUT2D eigenvalue weighted by Crippen LogP contribution is -2.17. The van der Waals surface area contributed by atoms with Crippen LogP contribution in [0.5, 0.6) is 0 Å². The highest BCUT2D eigenvalue weighted by molar-refractivity contribution is 7.07. The lowest BCUT2D eigenvalue weighted by Gasteiger charge is -2.10. The van der Waals surface area contributed by atoms with Gasteiger partial charge in [-0.1, -0.05) is 18.2 Å². The predicted octanol–water partition coefficient (Wildman–Crippen LogP) is 5.17. The number of furan rings is 1. The smallest absolute Gasteiger partial charge is 0.190 e. The number of rotatable bonds is 3. The fourth-order valence-corrected chi connectivity index (χ4v) is 3.75. The summed E-state index contributed by atoms with van der Waals surface area (Å²) in [6.07, 6.45) is 3.52. The molecule has 3 aromatic heterocycles. The number of fused-ring (bicyclic) bond motifs is 1. The average Bonchev–Trinajstić information content (AvgIpc) is 3.19. The first kappa shape index (κ1) is 14.9. The van der Waals surface area contributed by atoms with E-state index in [1.807, 2.05) is 30.3 Å². The summed E-state index contributed by atoms with van der Waals surface area (Å²) in [5, 5.41) is 3.21. The molecule has 5 heteroatoms. The van der Waals surface area contributed by atoms with E-state index < -0.39 is 0 Å². The van der Waals surface area contributed by atoms with Gasteiger partial charge in [0.25, 0.3) is 0 Å². The van der Waals surface area contributed by atoms with E-state index in [-0.39, 0.29) is 6.04 Å². The van der Waals surface area contributed by atoms with Crippen LogP contribution in [0, 0.1) is 0 Å². The van der Waals surface area contributed by atoms with Crippen molar-refractivity contribution in [3.63, 3.8) is 0 Å². The molecule has 0 N–H and O–H groups in total. The zero-order valence-corrected chi connectivity index (χ0v) is 14.3. The van der Waals surface area contributed by atoms with E-state index >= 15 is 0 Å². The fraction of sp³-hybridized carbons (Fsp3) is 0.158. The molecule has 0 aliphatic rings. The molecule has 0 aliphatic carbocycles. The number of hydrogen-bond acceptors (Lipinski definition) is 4. The van der Waals surface area contributed by atoms with Crippen LogP contribution in [0.4, 0.5) is 5.69 Å². The van der Waals surface area contributed by atoms with Crippen LogP contribution in [0.15, 0.2) is 69.6 Å². The number of para-hydroxylation sites is 1. The van der Waals surface area contributed by atoms with Crippen LogP contribution in [-0.4, -0.2) is 9.55 Å². The normalized spacial score (nSPS) is 12.4. The number of nitrogens with zero attached hydrogens (tertiary/aromatic N) is 3. The molecular weight excluding hydrogens is 318 g/mol. The lowest BCUT2D eigenvalue weighted by molar-refractivity contribution is 0.567. The fourth-order valence-electron chi connectivity index (χ4n) is 2.72. The Morgan fingerprint density at radius 2 is 2.04 bits per heavy atom. The maximum Gasteiger partial charge on any atom is 0.190 e. The minimum absolute atomic E-state index is 0.273. The molecule has 4 nitrogen and oxygen atoms in total. The van der Waals surface area contributed by atoms with Gasteiger partial charge in [-0.25, -0.2) is 4.99 Å². The second-order valence-corrected chi connectivity index (χ2v) is 6.68. The molecule has 0 radical (unpaired) electrons. The number of thiazole rings is 1. The van der Waals surface area contributed by atoms with E-state index in [0.29, 0.717) is 0 Å². The number of benzene rings is 1. The molecule has 0 fully saturated rings. The molecule has 120 valence electrons. The van der Waals surface area contributed by atoms with Crippen molar-refractivity contribution in [3.05, 3.63) is 65.0 Å². The van der Waals surface area contributed by atoms with Gasteiger partial charge in [0, 0.05) is 23.0 Å². The summed E-state index contributed by atoms with van der Waals surface area (Å²) in [5.74, 6) is 0.869. The summed E-state index contributed by atoms with van der Waals surface area (Å²) < 4.78 is 8.24. The van der Waals surface area contributed by atoms with Crippen LogP contribution in [0.2, 0.25) is 0 Å². The molecule has 24 heavy (non-hydrogen) atoms. The van der Waals surface area contributed by atoms with E-state index in [1.165, 1.54) is 0 Å². The molecule has 0 atom stereocenters. The third-order valence-electron chi connectivity index (χ3n) is 3.81.